The summed E-state index contributed by atoms with van der Waals surface area (Å²) in [5.41, 5.74) is 1.20. The monoisotopic (exact) mass is 270 g/mol. The molecule has 0 bridgehead atoms. The van der Waals surface area contributed by atoms with Crippen LogP contribution < -0.4 is 0 Å². The van der Waals surface area contributed by atoms with E-state index in [0.29, 0.717) is 6.10 Å². The second-order valence-corrected chi connectivity index (χ2v) is 5.69. The number of epoxide rings is 1. The molecule has 1 saturated carbocycles. The van der Waals surface area contributed by atoms with E-state index >= 15 is 0 Å². The number of aryl methyl sites for hydroxylation is 1. The van der Waals surface area contributed by atoms with E-state index < -0.39 is 0 Å². The van der Waals surface area contributed by atoms with Crippen molar-refractivity contribution in [3.63, 3.8) is 0 Å². The predicted octanol–water partition coefficient (Wildman–Crippen LogP) is 2.60. The van der Waals surface area contributed by atoms with Crippen LogP contribution in [0.4, 0.5) is 0 Å². The third-order valence-corrected chi connectivity index (χ3v) is 4.32. The maximum absolute atomic E-state index is 5.95. The number of nitrogens with zero attached hydrogens (tertiary/aromatic N) is 2. The molecule has 1 saturated heterocycles. The predicted molar refractivity (Wildman–Crippen MR) is 60.5 cm³/mol. The van der Waals surface area contributed by atoms with Crippen molar-refractivity contribution in [1.82, 2.24) is 9.78 Å². The van der Waals surface area contributed by atoms with Crippen LogP contribution in [0, 0.1) is 5.92 Å². The Morgan fingerprint density at radius 3 is 3.07 bits per heavy atom. The van der Waals surface area contributed by atoms with Crippen LogP contribution >= 0.6 is 15.9 Å². The zero-order valence-corrected chi connectivity index (χ0v) is 10.6. The summed E-state index contributed by atoms with van der Waals surface area (Å²) < 4.78 is 8.98. The van der Waals surface area contributed by atoms with Crippen molar-refractivity contribution in [2.45, 2.75) is 37.9 Å². The van der Waals surface area contributed by atoms with E-state index in [2.05, 4.69) is 28.0 Å². The van der Waals surface area contributed by atoms with Gasteiger partial charge in [0.05, 0.1) is 22.5 Å². The van der Waals surface area contributed by atoms with Crippen molar-refractivity contribution >= 4 is 15.9 Å². The topological polar surface area (TPSA) is 30.4 Å². The summed E-state index contributed by atoms with van der Waals surface area (Å²) in [6.45, 7) is 2.31. The van der Waals surface area contributed by atoms with Crippen LogP contribution in [0.25, 0.3) is 0 Å². The first-order chi connectivity index (χ1) is 7.13. The van der Waals surface area contributed by atoms with E-state index in [1.807, 2.05) is 17.9 Å². The van der Waals surface area contributed by atoms with E-state index in [9.17, 15) is 0 Å². The maximum Gasteiger partial charge on any atom is 0.137 e. The molecule has 0 N–H and O–H groups in total. The summed E-state index contributed by atoms with van der Waals surface area (Å²) in [5, 5.41) is 4.27. The van der Waals surface area contributed by atoms with Gasteiger partial charge in [-0.25, -0.2) is 0 Å². The van der Waals surface area contributed by atoms with Gasteiger partial charge in [0.2, 0.25) is 0 Å². The van der Waals surface area contributed by atoms with Gasteiger partial charge >= 0.3 is 0 Å². The summed E-state index contributed by atoms with van der Waals surface area (Å²) in [6, 6.07) is 0. The summed E-state index contributed by atoms with van der Waals surface area (Å²) in [4.78, 5) is 0. The fourth-order valence-corrected chi connectivity index (χ4v) is 3.52. The molecule has 0 aromatic carbocycles. The molecule has 1 aliphatic heterocycles. The lowest BCUT2D eigenvalue weighted by Crippen LogP contribution is -2.24. The van der Waals surface area contributed by atoms with Crippen molar-refractivity contribution in [3.05, 3.63) is 16.4 Å². The first-order valence-electron chi connectivity index (χ1n) is 5.49. The molecule has 2 heterocycles. The molecule has 1 aromatic rings. The number of ether oxygens (including phenoxy) is 1. The van der Waals surface area contributed by atoms with Crippen LogP contribution in [0.2, 0.25) is 0 Å². The average Bonchev–Trinajstić information content (AvgIpc) is 2.79. The zero-order chi connectivity index (χ0) is 10.6. The van der Waals surface area contributed by atoms with Gasteiger partial charge in [-0.05, 0) is 41.1 Å². The van der Waals surface area contributed by atoms with Crippen LogP contribution in [0.5, 0.6) is 0 Å². The molecule has 1 aliphatic carbocycles. The molecule has 3 rings (SSSR count). The van der Waals surface area contributed by atoms with Crippen molar-refractivity contribution in [3.8, 4) is 0 Å². The van der Waals surface area contributed by atoms with Gasteiger partial charge in [0.25, 0.3) is 0 Å². The molecular formula is C11H15BrN2O. The lowest BCUT2D eigenvalue weighted by Gasteiger charge is -2.22. The second kappa shape index (κ2) is 3.08. The van der Waals surface area contributed by atoms with Gasteiger partial charge in [0.15, 0.2) is 0 Å². The third-order valence-electron chi connectivity index (χ3n) is 3.74. The van der Waals surface area contributed by atoms with E-state index in [1.165, 1.54) is 18.5 Å². The molecule has 0 spiro atoms. The van der Waals surface area contributed by atoms with E-state index in [4.69, 9.17) is 4.74 Å². The van der Waals surface area contributed by atoms with Gasteiger partial charge in [-0.1, -0.05) is 6.92 Å². The van der Waals surface area contributed by atoms with Crippen LogP contribution in [0.3, 0.4) is 0 Å². The fourth-order valence-electron chi connectivity index (χ4n) is 2.84. The van der Waals surface area contributed by atoms with Crippen molar-refractivity contribution in [1.29, 1.82) is 0 Å². The first-order valence-corrected chi connectivity index (χ1v) is 6.28. The Kier molecular flexibility index (Phi) is 2.02. The van der Waals surface area contributed by atoms with Crippen LogP contribution in [0.15, 0.2) is 10.7 Å². The number of rotatable bonds is 1. The molecule has 0 amide bonds. The van der Waals surface area contributed by atoms with E-state index in [0.717, 1.165) is 16.8 Å². The molecule has 2 aliphatic rings. The highest BCUT2D eigenvalue weighted by atomic mass is 79.9. The second-order valence-electron chi connectivity index (χ2n) is 4.84. The Morgan fingerprint density at radius 1 is 1.67 bits per heavy atom. The Bertz CT molecular complexity index is 384. The Hall–Kier alpha value is -0.350. The summed E-state index contributed by atoms with van der Waals surface area (Å²) in [6.07, 6.45) is 5.87. The molecular weight excluding hydrogens is 256 g/mol. The van der Waals surface area contributed by atoms with E-state index in [1.54, 1.807) is 0 Å². The molecule has 3 nitrogen and oxygen atoms in total. The number of fused-ring (bicyclic) bond motifs is 1. The van der Waals surface area contributed by atoms with Gasteiger partial charge in [-0.15, -0.1) is 0 Å². The van der Waals surface area contributed by atoms with E-state index in [-0.39, 0.29) is 5.60 Å². The minimum absolute atomic E-state index is 0.0173. The summed E-state index contributed by atoms with van der Waals surface area (Å²) >= 11 is 3.57. The van der Waals surface area contributed by atoms with Crippen molar-refractivity contribution in [2.24, 2.45) is 13.0 Å². The number of halogens is 1. The SMILES string of the molecule is C[C@@H]1CC[C@]2(c3c(Br)cnn3C)O[C@@H]2C1. The minimum Gasteiger partial charge on any atom is -0.359 e. The van der Waals surface area contributed by atoms with Crippen LogP contribution in [-0.4, -0.2) is 15.9 Å². The molecule has 4 heteroatoms. The molecule has 0 radical (unpaired) electrons. The zero-order valence-electron chi connectivity index (χ0n) is 9.03. The van der Waals surface area contributed by atoms with Crippen LogP contribution in [-0.2, 0) is 17.4 Å². The molecule has 2 fully saturated rings. The van der Waals surface area contributed by atoms with Gasteiger partial charge in [0.1, 0.15) is 5.60 Å². The van der Waals surface area contributed by atoms with Crippen molar-refractivity contribution in [2.75, 3.05) is 0 Å². The normalized spacial score (nSPS) is 38.9. The highest BCUT2D eigenvalue weighted by Gasteiger charge is 2.61. The summed E-state index contributed by atoms with van der Waals surface area (Å²) in [5.74, 6) is 0.803. The third kappa shape index (κ3) is 1.31. The molecule has 3 atom stereocenters. The highest BCUT2D eigenvalue weighted by Crippen LogP contribution is 2.57. The number of aromatic nitrogens is 2. The Labute approximate surface area is 97.9 Å². The fraction of sp³-hybridized carbons (Fsp3) is 0.727. The lowest BCUT2D eigenvalue weighted by molar-refractivity contribution is 0.272. The standard InChI is InChI=1S/C11H15BrN2O/c1-7-3-4-11(9(5-7)15-11)10-8(12)6-13-14(10)2/h6-7,9H,3-5H2,1-2H3/t7-,9-,11+/m1/s1. The number of hydrogen-bond donors (Lipinski definition) is 0. The van der Waals surface area contributed by atoms with Crippen molar-refractivity contribution < 1.29 is 4.74 Å². The quantitative estimate of drug-likeness (QED) is 0.735. The maximum atomic E-state index is 5.95. The Morgan fingerprint density at radius 2 is 2.47 bits per heavy atom. The van der Waals surface area contributed by atoms with Crippen LogP contribution in [0.1, 0.15) is 31.9 Å². The van der Waals surface area contributed by atoms with Gasteiger partial charge in [0, 0.05) is 7.05 Å². The largest absolute Gasteiger partial charge is 0.359 e. The summed E-state index contributed by atoms with van der Waals surface area (Å²) in [7, 11) is 1.99. The lowest BCUT2D eigenvalue weighted by atomic mass is 9.81. The highest BCUT2D eigenvalue weighted by molar-refractivity contribution is 9.10. The number of hydrogen-bond acceptors (Lipinski definition) is 2. The van der Waals surface area contributed by atoms with Gasteiger partial charge in [-0.3, -0.25) is 4.68 Å². The smallest absolute Gasteiger partial charge is 0.137 e. The van der Waals surface area contributed by atoms with Gasteiger partial charge < -0.3 is 4.74 Å². The Balaban J connectivity index is 1.96. The first kappa shape index (κ1) is 9.85. The van der Waals surface area contributed by atoms with Gasteiger partial charge in [-0.2, -0.15) is 5.10 Å². The molecule has 82 valence electrons. The molecule has 15 heavy (non-hydrogen) atoms. The molecule has 1 aromatic heterocycles. The minimum atomic E-state index is -0.0173. The average molecular weight is 271 g/mol. The molecule has 0 unspecified atom stereocenters.